The van der Waals surface area contributed by atoms with Crippen LogP contribution in [0.3, 0.4) is 0 Å². The minimum atomic E-state index is -0.549. The number of hydrogen-bond acceptors (Lipinski definition) is 3. The first-order valence-electron chi connectivity index (χ1n) is 6.20. The molecule has 4 nitrogen and oxygen atoms in total. The van der Waals surface area contributed by atoms with Gasteiger partial charge in [0.25, 0.3) is 5.69 Å². The third-order valence-corrected chi connectivity index (χ3v) is 2.79. The highest BCUT2D eigenvalue weighted by atomic mass is 19.1. The van der Waals surface area contributed by atoms with Crippen LogP contribution in [0.2, 0.25) is 0 Å². The van der Waals surface area contributed by atoms with Crippen molar-refractivity contribution in [3.05, 3.63) is 33.6 Å². The van der Waals surface area contributed by atoms with E-state index in [1.807, 2.05) is 18.7 Å². The van der Waals surface area contributed by atoms with Gasteiger partial charge in [0.1, 0.15) is 0 Å². The van der Waals surface area contributed by atoms with Crippen LogP contribution in [-0.2, 0) is 0 Å². The van der Waals surface area contributed by atoms with Crippen molar-refractivity contribution in [2.75, 3.05) is 18.0 Å². The van der Waals surface area contributed by atoms with E-state index >= 15 is 0 Å². The molecular weight excluding hydrogens is 235 g/mol. The van der Waals surface area contributed by atoms with Crippen LogP contribution >= 0.6 is 0 Å². The molecule has 0 unspecified atom stereocenters. The minimum absolute atomic E-state index is 0.163. The van der Waals surface area contributed by atoms with Crippen LogP contribution in [0.5, 0.6) is 0 Å². The maximum atomic E-state index is 13.9. The largest absolute Gasteiger partial charge is 0.369 e. The van der Waals surface area contributed by atoms with Gasteiger partial charge in [0.2, 0.25) is 0 Å². The quantitative estimate of drug-likeness (QED) is 0.574. The van der Waals surface area contributed by atoms with Crippen LogP contribution in [0.4, 0.5) is 15.8 Å². The lowest BCUT2D eigenvalue weighted by Crippen LogP contribution is -2.26. The number of aryl methyl sites for hydroxylation is 1. The zero-order valence-electron chi connectivity index (χ0n) is 11.1. The molecule has 1 aromatic rings. The number of rotatable bonds is 6. The van der Waals surface area contributed by atoms with Gasteiger partial charge in [-0.2, -0.15) is 0 Å². The highest BCUT2D eigenvalue weighted by Gasteiger charge is 2.18. The summed E-state index contributed by atoms with van der Waals surface area (Å²) in [5, 5.41) is 10.7. The average molecular weight is 254 g/mol. The summed E-state index contributed by atoms with van der Waals surface area (Å²) in [6.45, 7) is 7.19. The first-order chi connectivity index (χ1) is 8.51. The van der Waals surface area contributed by atoms with Crippen molar-refractivity contribution in [1.82, 2.24) is 0 Å². The summed E-state index contributed by atoms with van der Waals surface area (Å²) >= 11 is 0. The minimum Gasteiger partial charge on any atom is -0.369 e. The summed E-state index contributed by atoms with van der Waals surface area (Å²) in [5.74, 6) is -0.519. The topological polar surface area (TPSA) is 46.4 Å². The summed E-state index contributed by atoms with van der Waals surface area (Å²) in [4.78, 5) is 12.1. The molecule has 0 saturated heterocycles. The Kier molecular flexibility index (Phi) is 5.07. The van der Waals surface area contributed by atoms with Crippen molar-refractivity contribution in [3.8, 4) is 0 Å². The van der Waals surface area contributed by atoms with E-state index in [9.17, 15) is 14.5 Å². The van der Waals surface area contributed by atoms with E-state index in [2.05, 4.69) is 0 Å². The molecule has 0 aliphatic heterocycles. The predicted octanol–water partition coefficient (Wildman–Crippen LogP) is 3.67. The Morgan fingerprint density at radius 1 is 1.28 bits per heavy atom. The molecule has 0 aliphatic rings. The predicted molar refractivity (Wildman–Crippen MR) is 70.6 cm³/mol. The summed E-state index contributed by atoms with van der Waals surface area (Å²) in [5.41, 5.74) is 0.791. The summed E-state index contributed by atoms with van der Waals surface area (Å²) < 4.78 is 13.9. The van der Waals surface area contributed by atoms with Crippen LogP contribution in [0.25, 0.3) is 0 Å². The lowest BCUT2D eigenvalue weighted by molar-refractivity contribution is -0.385. The second-order valence-corrected chi connectivity index (χ2v) is 4.33. The molecule has 1 aromatic carbocycles. The zero-order valence-corrected chi connectivity index (χ0v) is 11.1. The van der Waals surface area contributed by atoms with E-state index in [1.54, 1.807) is 13.0 Å². The van der Waals surface area contributed by atoms with Crippen LogP contribution in [0, 0.1) is 22.9 Å². The summed E-state index contributed by atoms with van der Waals surface area (Å²) in [6.07, 6.45) is 1.82. The molecule has 0 spiro atoms. The molecule has 0 aromatic heterocycles. The van der Waals surface area contributed by atoms with Gasteiger partial charge in [-0.3, -0.25) is 10.1 Å². The lowest BCUT2D eigenvalue weighted by atomic mass is 10.1. The Morgan fingerprint density at radius 3 is 2.28 bits per heavy atom. The molecule has 100 valence electrons. The van der Waals surface area contributed by atoms with Gasteiger partial charge in [-0.1, -0.05) is 13.8 Å². The SMILES string of the molecule is CCCN(CCC)c1cc(C)c([N+](=O)[O-])cc1F. The van der Waals surface area contributed by atoms with Crippen molar-refractivity contribution in [2.24, 2.45) is 0 Å². The number of nitro benzene ring substituents is 1. The van der Waals surface area contributed by atoms with Crippen molar-refractivity contribution in [3.63, 3.8) is 0 Å². The molecule has 0 saturated carbocycles. The second-order valence-electron chi connectivity index (χ2n) is 4.33. The molecule has 0 heterocycles. The first-order valence-corrected chi connectivity index (χ1v) is 6.20. The number of nitrogens with zero attached hydrogens (tertiary/aromatic N) is 2. The molecule has 0 fully saturated rings. The number of halogens is 1. The van der Waals surface area contributed by atoms with Crippen LogP contribution in [0.15, 0.2) is 12.1 Å². The highest BCUT2D eigenvalue weighted by Crippen LogP contribution is 2.28. The van der Waals surface area contributed by atoms with E-state index in [0.29, 0.717) is 11.3 Å². The van der Waals surface area contributed by atoms with Gasteiger partial charge >= 0.3 is 0 Å². The third-order valence-electron chi connectivity index (χ3n) is 2.79. The average Bonchev–Trinajstić information content (AvgIpc) is 2.31. The fourth-order valence-corrected chi connectivity index (χ4v) is 1.99. The van der Waals surface area contributed by atoms with Crippen LogP contribution < -0.4 is 4.90 Å². The van der Waals surface area contributed by atoms with Gasteiger partial charge in [-0.15, -0.1) is 0 Å². The Hall–Kier alpha value is -1.65. The van der Waals surface area contributed by atoms with E-state index in [0.717, 1.165) is 32.0 Å². The lowest BCUT2D eigenvalue weighted by Gasteiger charge is -2.24. The van der Waals surface area contributed by atoms with E-state index < -0.39 is 10.7 Å². The van der Waals surface area contributed by atoms with Gasteiger partial charge in [0.05, 0.1) is 16.7 Å². The molecule has 0 atom stereocenters. The summed E-state index contributed by atoms with van der Waals surface area (Å²) in [6, 6.07) is 2.59. The molecule has 1 rings (SSSR count). The van der Waals surface area contributed by atoms with Gasteiger partial charge in [0, 0.05) is 18.7 Å². The highest BCUT2D eigenvalue weighted by molar-refractivity contribution is 5.56. The van der Waals surface area contributed by atoms with Gasteiger partial charge in [-0.25, -0.2) is 4.39 Å². The van der Waals surface area contributed by atoms with Crippen molar-refractivity contribution in [1.29, 1.82) is 0 Å². The van der Waals surface area contributed by atoms with Gasteiger partial charge < -0.3 is 4.90 Å². The van der Waals surface area contributed by atoms with Gasteiger partial charge in [-0.05, 0) is 25.8 Å². The monoisotopic (exact) mass is 254 g/mol. The molecule has 0 bridgehead atoms. The standard InChI is InChI=1S/C13H19FN2O2/c1-4-6-15(7-5-2)13-8-10(3)12(16(17)18)9-11(13)14/h8-9H,4-7H2,1-3H3. The van der Waals surface area contributed by atoms with Crippen LogP contribution in [0.1, 0.15) is 32.3 Å². The van der Waals surface area contributed by atoms with Crippen molar-refractivity contribution in [2.45, 2.75) is 33.6 Å². The summed E-state index contributed by atoms with van der Waals surface area (Å²) in [7, 11) is 0. The van der Waals surface area contributed by atoms with E-state index in [-0.39, 0.29) is 5.69 Å². The Bertz CT molecular complexity index is 429. The number of nitro groups is 1. The molecule has 5 heteroatoms. The van der Waals surface area contributed by atoms with Gasteiger partial charge in [0.15, 0.2) is 5.82 Å². The molecule has 0 amide bonds. The maximum Gasteiger partial charge on any atom is 0.275 e. The Morgan fingerprint density at radius 2 is 1.83 bits per heavy atom. The maximum absolute atomic E-state index is 13.9. The molecule has 0 radical (unpaired) electrons. The Balaban J connectivity index is 3.15. The zero-order chi connectivity index (χ0) is 13.7. The Labute approximate surface area is 107 Å². The molecule has 0 N–H and O–H groups in total. The van der Waals surface area contributed by atoms with Crippen LogP contribution in [-0.4, -0.2) is 18.0 Å². The molecular formula is C13H19FN2O2. The fraction of sp³-hybridized carbons (Fsp3) is 0.538. The first kappa shape index (κ1) is 14.4. The molecule has 0 aliphatic carbocycles. The number of hydrogen-bond donors (Lipinski definition) is 0. The third kappa shape index (κ3) is 3.18. The van der Waals surface area contributed by atoms with Crippen molar-refractivity contribution < 1.29 is 9.31 Å². The number of anilines is 1. The van der Waals surface area contributed by atoms with E-state index in [4.69, 9.17) is 0 Å². The van der Waals surface area contributed by atoms with E-state index in [1.165, 1.54) is 0 Å². The van der Waals surface area contributed by atoms with Crippen molar-refractivity contribution >= 4 is 11.4 Å². The second kappa shape index (κ2) is 6.33. The molecule has 18 heavy (non-hydrogen) atoms. The smallest absolute Gasteiger partial charge is 0.275 e. The normalized spacial score (nSPS) is 10.4. The fourth-order valence-electron chi connectivity index (χ4n) is 1.99. The number of benzene rings is 1.